The zero-order chi connectivity index (χ0) is 17.4. The fraction of sp³-hybridized carbons (Fsp3) is 0.300. The van der Waals surface area contributed by atoms with E-state index in [0.29, 0.717) is 5.69 Å². The predicted molar refractivity (Wildman–Crippen MR) is 99.2 cm³/mol. The van der Waals surface area contributed by atoms with Gasteiger partial charge in [-0.1, -0.05) is 12.1 Å². The maximum absolute atomic E-state index is 12.8. The molecule has 1 fully saturated rings. The molecule has 3 aromatic rings. The minimum Gasteiger partial charge on any atom is -0.368 e. The van der Waals surface area contributed by atoms with Crippen LogP contribution in [0.5, 0.6) is 0 Å². The molecule has 25 heavy (non-hydrogen) atoms. The first-order chi connectivity index (χ1) is 12.1. The van der Waals surface area contributed by atoms with Gasteiger partial charge in [0.2, 0.25) is 0 Å². The Morgan fingerprint density at radius 2 is 1.76 bits per heavy atom. The molecule has 1 aliphatic heterocycles. The van der Waals surface area contributed by atoms with E-state index in [4.69, 9.17) is 0 Å². The van der Waals surface area contributed by atoms with Crippen molar-refractivity contribution < 1.29 is 4.79 Å². The van der Waals surface area contributed by atoms with E-state index < -0.39 is 0 Å². The Morgan fingerprint density at radius 1 is 1.00 bits per heavy atom. The maximum atomic E-state index is 12.8. The third kappa shape index (κ3) is 3.09. The molecule has 0 unspecified atom stereocenters. The molecular formula is C20H22N4O. The number of carbonyl (C=O) groups is 1. The first-order valence-corrected chi connectivity index (χ1v) is 8.66. The molecular weight excluding hydrogens is 312 g/mol. The average molecular weight is 334 g/mol. The number of carbonyl (C=O) groups excluding carboxylic acids is 1. The van der Waals surface area contributed by atoms with Gasteiger partial charge >= 0.3 is 0 Å². The van der Waals surface area contributed by atoms with E-state index in [0.717, 1.165) is 37.4 Å². The largest absolute Gasteiger partial charge is 0.368 e. The van der Waals surface area contributed by atoms with Crippen molar-refractivity contribution in [3.05, 3.63) is 65.6 Å². The molecule has 5 heteroatoms. The van der Waals surface area contributed by atoms with E-state index in [1.807, 2.05) is 40.8 Å². The summed E-state index contributed by atoms with van der Waals surface area (Å²) in [6.07, 6.45) is 3.77. The molecule has 2 aromatic heterocycles. The van der Waals surface area contributed by atoms with E-state index in [2.05, 4.69) is 41.1 Å². The Balaban J connectivity index is 1.47. The zero-order valence-corrected chi connectivity index (χ0v) is 14.6. The lowest BCUT2D eigenvalue weighted by Gasteiger charge is -2.36. The lowest BCUT2D eigenvalue weighted by molar-refractivity contribution is 0.0741. The van der Waals surface area contributed by atoms with E-state index in [9.17, 15) is 4.79 Å². The first-order valence-electron chi connectivity index (χ1n) is 8.66. The van der Waals surface area contributed by atoms with E-state index in [1.165, 1.54) is 11.3 Å². The normalized spacial score (nSPS) is 15.0. The Morgan fingerprint density at radius 3 is 2.52 bits per heavy atom. The summed E-state index contributed by atoms with van der Waals surface area (Å²) < 4.78 is 1.91. The Hall–Kier alpha value is -2.82. The predicted octanol–water partition coefficient (Wildman–Crippen LogP) is 2.91. The Kier molecular flexibility index (Phi) is 3.92. The van der Waals surface area contributed by atoms with Crippen molar-refractivity contribution >= 4 is 17.2 Å². The smallest absolute Gasteiger partial charge is 0.274 e. The van der Waals surface area contributed by atoms with Gasteiger partial charge in [-0.25, -0.2) is 4.98 Å². The van der Waals surface area contributed by atoms with Crippen LogP contribution in [-0.4, -0.2) is 46.4 Å². The molecule has 0 spiro atoms. The molecule has 5 nitrogen and oxygen atoms in total. The third-order valence-corrected chi connectivity index (χ3v) is 4.77. The van der Waals surface area contributed by atoms with Gasteiger partial charge < -0.3 is 14.2 Å². The second kappa shape index (κ2) is 6.24. The molecule has 1 amide bonds. The van der Waals surface area contributed by atoms with E-state index >= 15 is 0 Å². The number of hydrogen-bond acceptors (Lipinski definition) is 3. The van der Waals surface area contributed by atoms with Gasteiger partial charge in [-0.2, -0.15) is 0 Å². The van der Waals surface area contributed by atoms with E-state index in [1.54, 1.807) is 0 Å². The fourth-order valence-corrected chi connectivity index (χ4v) is 3.34. The molecule has 0 aliphatic carbocycles. The lowest BCUT2D eigenvalue weighted by atomic mass is 10.2. The molecule has 1 aliphatic rings. The van der Waals surface area contributed by atoms with Crippen LogP contribution in [0.25, 0.3) is 5.65 Å². The van der Waals surface area contributed by atoms with Gasteiger partial charge in [0.25, 0.3) is 5.91 Å². The molecule has 1 saturated heterocycles. The summed E-state index contributed by atoms with van der Waals surface area (Å²) in [5, 5.41) is 0. The Labute approximate surface area is 147 Å². The summed E-state index contributed by atoms with van der Waals surface area (Å²) >= 11 is 0. The number of aromatic nitrogens is 2. The number of nitrogens with zero attached hydrogens (tertiary/aromatic N) is 4. The molecule has 0 atom stereocenters. The number of amides is 1. The monoisotopic (exact) mass is 334 g/mol. The molecule has 4 rings (SSSR count). The van der Waals surface area contributed by atoms with Crippen molar-refractivity contribution in [3.63, 3.8) is 0 Å². The number of hydrogen-bond donors (Lipinski definition) is 0. The quantitative estimate of drug-likeness (QED) is 0.723. The standard InChI is InChI=1S/C20H22N4O/c1-15-4-3-5-17(12-15)22-8-10-23(11-9-22)20(25)18-14-24-7-6-16(2)13-19(24)21-18/h3-7,12-14H,8-11H2,1-2H3. The minimum absolute atomic E-state index is 0.0187. The number of benzene rings is 1. The second-order valence-electron chi connectivity index (χ2n) is 6.71. The van der Waals surface area contributed by atoms with Crippen LogP contribution in [0.3, 0.4) is 0 Å². The van der Waals surface area contributed by atoms with Crippen LogP contribution < -0.4 is 4.90 Å². The van der Waals surface area contributed by atoms with Gasteiger partial charge in [0.15, 0.2) is 0 Å². The van der Waals surface area contributed by atoms with Crippen LogP contribution in [-0.2, 0) is 0 Å². The summed E-state index contributed by atoms with van der Waals surface area (Å²) in [4.78, 5) is 21.5. The molecule has 128 valence electrons. The number of rotatable bonds is 2. The number of piperazine rings is 1. The first kappa shape index (κ1) is 15.7. The minimum atomic E-state index is 0.0187. The lowest BCUT2D eigenvalue weighted by Crippen LogP contribution is -2.48. The number of imidazole rings is 1. The summed E-state index contributed by atoms with van der Waals surface area (Å²) in [5.41, 5.74) is 4.98. The number of pyridine rings is 1. The molecule has 0 saturated carbocycles. The summed E-state index contributed by atoms with van der Waals surface area (Å²) in [6, 6.07) is 12.5. The highest BCUT2D eigenvalue weighted by Crippen LogP contribution is 2.19. The summed E-state index contributed by atoms with van der Waals surface area (Å²) in [5.74, 6) is 0.0187. The van der Waals surface area contributed by atoms with Crippen LogP contribution in [0.15, 0.2) is 48.8 Å². The van der Waals surface area contributed by atoms with Crippen LogP contribution in [0.1, 0.15) is 21.6 Å². The average Bonchev–Trinajstić information content (AvgIpc) is 3.04. The second-order valence-corrected chi connectivity index (χ2v) is 6.71. The van der Waals surface area contributed by atoms with Crippen LogP contribution in [0, 0.1) is 13.8 Å². The molecule has 0 bridgehead atoms. The zero-order valence-electron chi connectivity index (χ0n) is 14.6. The fourth-order valence-electron chi connectivity index (χ4n) is 3.34. The van der Waals surface area contributed by atoms with Gasteiger partial charge in [-0.15, -0.1) is 0 Å². The van der Waals surface area contributed by atoms with Gasteiger partial charge in [0.05, 0.1) is 0 Å². The highest BCUT2D eigenvalue weighted by atomic mass is 16.2. The SMILES string of the molecule is Cc1cccc(N2CCN(C(=O)c3cn4ccc(C)cc4n3)CC2)c1. The van der Waals surface area contributed by atoms with Crippen molar-refractivity contribution in [2.75, 3.05) is 31.1 Å². The van der Waals surface area contributed by atoms with Crippen molar-refractivity contribution in [2.45, 2.75) is 13.8 Å². The van der Waals surface area contributed by atoms with Crippen molar-refractivity contribution in [1.29, 1.82) is 0 Å². The van der Waals surface area contributed by atoms with Crippen LogP contribution in [0.4, 0.5) is 5.69 Å². The van der Waals surface area contributed by atoms with Crippen LogP contribution >= 0.6 is 0 Å². The van der Waals surface area contributed by atoms with Crippen LogP contribution in [0.2, 0.25) is 0 Å². The van der Waals surface area contributed by atoms with Crippen molar-refractivity contribution in [1.82, 2.24) is 14.3 Å². The topological polar surface area (TPSA) is 40.9 Å². The molecule has 3 heterocycles. The van der Waals surface area contributed by atoms with Gasteiger partial charge in [-0.05, 0) is 49.2 Å². The Bertz CT molecular complexity index is 922. The summed E-state index contributed by atoms with van der Waals surface area (Å²) in [6.45, 7) is 7.28. The molecule has 0 N–H and O–H groups in total. The van der Waals surface area contributed by atoms with Gasteiger partial charge in [-0.3, -0.25) is 4.79 Å². The highest BCUT2D eigenvalue weighted by Gasteiger charge is 2.24. The highest BCUT2D eigenvalue weighted by molar-refractivity contribution is 5.93. The van der Waals surface area contributed by atoms with E-state index in [-0.39, 0.29) is 5.91 Å². The van der Waals surface area contributed by atoms with Crippen molar-refractivity contribution in [3.8, 4) is 0 Å². The van der Waals surface area contributed by atoms with Gasteiger partial charge in [0.1, 0.15) is 11.3 Å². The maximum Gasteiger partial charge on any atom is 0.274 e. The molecule has 1 aromatic carbocycles. The third-order valence-electron chi connectivity index (χ3n) is 4.77. The van der Waals surface area contributed by atoms with Crippen molar-refractivity contribution in [2.24, 2.45) is 0 Å². The number of anilines is 1. The number of aryl methyl sites for hydroxylation is 2. The number of fused-ring (bicyclic) bond motifs is 1. The summed E-state index contributed by atoms with van der Waals surface area (Å²) in [7, 11) is 0. The molecule has 0 radical (unpaired) electrons. The van der Waals surface area contributed by atoms with Gasteiger partial charge in [0, 0.05) is 44.3 Å².